The lowest BCUT2D eigenvalue weighted by Gasteiger charge is -2.22. The van der Waals surface area contributed by atoms with E-state index in [1.54, 1.807) is 20.8 Å². The zero-order valence-electron chi connectivity index (χ0n) is 14.3. The fraction of sp³-hybridized carbons (Fsp3) is 0.875. The Morgan fingerprint density at radius 3 is 2.30 bits per heavy atom. The molecule has 7 nitrogen and oxygen atoms in total. The van der Waals surface area contributed by atoms with Crippen molar-refractivity contribution in [2.24, 2.45) is 5.92 Å². The zero-order chi connectivity index (χ0) is 17.7. The van der Waals surface area contributed by atoms with Crippen molar-refractivity contribution in [2.75, 3.05) is 26.4 Å². The first-order chi connectivity index (χ1) is 10.9. The standard InChI is InChI=1S/C16H30O7/c1-4-21-15(19)8-6-7-13(16(20)22-5-2)9-14(10-17)23-11-12(3)18/h12-14,17-18H,4-11H2,1-3H3. The second kappa shape index (κ2) is 13.3. The number of hydrogen-bond acceptors (Lipinski definition) is 7. The molecule has 0 amide bonds. The van der Waals surface area contributed by atoms with Gasteiger partial charge in [-0.05, 0) is 40.0 Å². The largest absolute Gasteiger partial charge is 0.466 e. The molecule has 0 bridgehead atoms. The van der Waals surface area contributed by atoms with Crippen LogP contribution in [-0.2, 0) is 23.8 Å². The minimum atomic E-state index is -0.645. The maximum absolute atomic E-state index is 12.0. The second-order valence-electron chi connectivity index (χ2n) is 5.37. The molecule has 0 saturated heterocycles. The molecule has 0 aliphatic heterocycles. The lowest BCUT2D eigenvalue weighted by atomic mass is 9.95. The van der Waals surface area contributed by atoms with Crippen molar-refractivity contribution < 1.29 is 34.0 Å². The SMILES string of the molecule is CCOC(=O)CCCC(CC(CO)OCC(C)O)C(=O)OCC. The highest BCUT2D eigenvalue weighted by Gasteiger charge is 2.25. The van der Waals surface area contributed by atoms with Crippen molar-refractivity contribution in [3.8, 4) is 0 Å². The van der Waals surface area contributed by atoms with Gasteiger partial charge in [-0.25, -0.2) is 0 Å². The molecule has 23 heavy (non-hydrogen) atoms. The lowest BCUT2D eigenvalue weighted by molar-refractivity contribution is -0.151. The van der Waals surface area contributed by atoms with Gasteiger partial charge in [0.2, 0.25) is 0 Å². The van der Waals surface area contributed by atoms with Crippen LogP contribution >= 0.6 is 0 Å². The van der Waals surface area contributed by atoms with Gasteiger partial charge in [0.1, 0.15) is 0 Å². The van der Waals surface area contributed by atoms with Crippen molar-refractivity contribution in [1.29, 1.82) is 0 Å². The van der Waals surface area contributed by atoms with Crippen LogP contribution in [0.3, 0.4) is 0 Å². The molecule has 3 unspecified atom stereocenters. The Bertz CT molecular complexity index is 330. The molecular weight excluding hydrogens is 304 g/mol. The molecule has 0 rings (SSSR count). The van der Waals surface area contributed by atoms with Crippen molar-refractivity contribution >= 4 is 11.9 Å². The van der Waals surface area contributed by atoms with Gasteiger partial charge in [0.25, 0.3) is 0 Å². The van der Waals surface area contributed by atoms with Gasteiger partial charge in [-0.2, -0.15) is 0 Å². The summed E-state index contributed by atoms with van der Waals surface area (Å²) in [5, 5.41) is 18.6. The van der Waals surface area contributed by atoms with E-state index in [0.717, 1.165) is 0 Å². The fourth-order valence-corrected chi connectivity index (χ4v) is 2.11. The first kappa shape index (κ1) is 21.8. The third-order valence-electron chi connectivity index (χ3n) is 3.18. The molecule has 2 N–H and O–H groups in total. The number of rotatable bonds is 13. The Morgan fingerprint density at radius 2 is 1.78 bits per heavy atom. The average Bonchev–Trinajstić information content (AvgIpc) is 2.49. The smallest absolute Gasteiger partial charge is 0.309 e. The Labute approximate surface area is 137 Å². The van der Waals surface area contributed by atoms with Crippen molar-refractivity contribution in [3.63, 3.8) is 0 Å². The Balaban J connectivity index is 4.48. The molecule has 0 aliphatic carbocycles. The van der Waals surface area contributed by atoms with Crippen LogP contribution in [0.25, 0.3) is 0 Å². The summed E-state index contributed by atoms with van der Waals surface area (Å²) in [7, 11) is 0. The van der Waals surface area contributed by atoms with Crippen molar-refractivity contribution in [2.45, 2.75) is 58.7 Å². The van der Waals surface area contributed by atoms with Crippen LogP contribution in [0.5, 0.6) is 0 Å². The summed E-state index contributed by atoms with van der Waals surface area (Å²) in [4.78, 5) is 23.4. The predicted octanol–water partition coefficient (Wildman–Crippen LogP) is 1.05. The van der Waals surface area contributed by atoms with E-state index in [-0.39, 0.29) is 44.6 Å². The number of carbonyl (C=O) groups is 2. The van der Waals surface area contributed by atoms with E-state index < -0.39 is 18.1 Å². The monoisotopic (exact) mass is 334 g/mol. The first-order valence-corrected chi connectivity index (χ1v) is 8.17. The second-order valence-corrected chi connectivity index (χ2v) is 5.37. The Morgan fingerprint density at radius 1 is 1.13 bits per heavy atom. The lowest BCUT2D eigenvalue weighted by Crippen LogP contribution is -2.29. The summed E-state index contributed by atoms with van der Waals surface area (Å²) in [6.45, 7) is 5.48. The van der Waals surface area contributed by atoms with Crippen LogP contribution in [0, 0.1) is 5.92 Å². The van der Waals surface area contributed by atoms with Crippen LogP contribution in [0.2, 0.25) is 0 Å². The van der Waals surface area contributed by atoms with Crippen LogP contribution in [0.4, 0.5) is 0 Å². The van der Waals surface area contributed by atoms with E-state index in [1.165, 1.54) is 0 Å². The van der Waals surface area contributed by atoms with Gasteiger partial charge in [-0.1, -0.05) is 0 Å². The van der Waals surface area contributed by atoms with Crippen LogP contribution < -0.4 is 0 Å². The van der Waals surface area contributed by atoms with Gasteiger partial charge in [0, 0.05) is 6.42 Å². The Hall–Kier alpha value is -1.18. The molecule has 0 aliphatic rings. The van der Waals surface area contributed by atoms with E-state index in [4.69, 9.17) is 14.2 Å². The normalized spacial score (nSPS) is 14.8. The highest BCUT2D eigenvalue weighted by Crippen LogP contribution is 2.19. The molecule has 0 aromatic rings. The van der Waals surface area contributed by atoms with Crippen LogP contribution in [0.15, 0.2) is 0 Å². The van der Waals surface area contributed by atoms with E-state index in [0.29, 0.717) is 19.4 Å². The van der Waals surface area contributed by atoms with E-state index >= 15 is 0 Å². The van der Waals surface area contributed by atoms with E-state index in [2.05, 4.69) is 0 Å². The number of aliphatic hydroxyl groups is 2. The number of carbonyl (C=O) groups excluding carboxylic acids is 2. The quantitative estimate of drug-likeness (QED) is 0.485. The van der Waals surface area contributed by atoms with Gasteiger partial charge in [-0.15, -0.1) is 0 Å². The molecular formula is C16H30O7. The summed E-state index contributed by atoms with van der Waals surface area (Å²) in [6, 6.07) is 0. The third-order valence-corrected chi connectivity index (χ3v) is 3.18. The zero-order valence-corrected chi connectivity index (χ0v) is 14.3. The molecule has 0 saturated carbocycles. The molecule has 0 aromatic heterocycles. The number of esters is 2. The minimum absolute atomic E-state index is 0.0869. The molecule has 0 aromatic carbocycles. The molecule has 0 fully saturated rings. The molecule has 3 atom stereocenters. The van der Waals surface area contributed by atoms with Gasteiger partial charge < -0.3 is 24.4 Å². The Kier molecular flexibility index (Phi) is 12.6. The maximum Gasteiger partial charge on any atom is 0.309 e. The number of aliphatic hydroxyl groups excluding tert-OH is 2. The highest BCUT2D eigenvalue weighted by atomic mass is 16.5. The maximum atomic E-state index is 12.0. The molecule has 0 heterocycles. The van der Waals surface area contributed by atoms with Gasteiger partial charge in [-0.3, -0.25) is 9.59 Å². The van der Waals surface area contributed by atoms with Gasteiger partial charge >= 0.3 is 11.9 Å². The highest BCUT2D eigenvalue weighted by molar-refractivity contribution is 5.73. The van der Waals surface area contributed by atoms with Crippen molar-refractivity contribution in [1.82, 2.24) is 0 Å². The summed E-state index contributed by atoms with van der Waals surface area (Å²) < 4.78 is 15.3. The van der Waals surface area contributed by atoms with Gasteiger partial charge in [0.15, 0.2) is 0 Å². The van der Waals surface area contributed by atoms with Crippen molar-refractivity contribution in [3.05, 3.63) is 0 Å². The molecule has 0 spiro atoms. The minimum Gasteiger partial charge on any atom is -0.466 e. The van der Waals surface area contributed by atoms with Crippen LogP contribution in [0.1, 0.15) is 46.5 Å². The van der Waals surface area contributed by atoms with Crippen LogP contribution in [-0.4, -0.2) is 60.8 Å². The third kappa shape index (κ3) is 11.1. The number of hydrogen-bond donors (Lipinski definition) is 2. The van der Waals surface area contributed by atoms with E-state index in [1.807, 2.05) is 0 Å². The van der Waals surface area contributed by atoms with Gasteiger partial charge in [0.05, 0.1) is 44.6 Å². The first-order valence-electron chi connectivity index (χ1n) is 8.17. The summed E-state index contributed by atoms with van der Waals surface area (Å²) in [6.07, 6.45) is 0.270. The summed E-state index contributed by atoms with van der Waals surface area (Å²) in [5.74, 6) is -1.12. The topological polar surface area (TPSA) is 102 Å². The predicted molar refractivity (Wildman–Crippen MR) is 83.7 cm³/mol. The molecule has 7 heteroatoms. The van der Waals surface area contributed by atoms with E-state index in [9.17, 15) is 19.8 Å². The molecule has 0 radical (unpaired) electrons. The number of ether oxygens (including phenoxy) is 3. The fourth-order valence-electron chi connectivity index (χ4n) is 2.11. The average molecular weight is 334 g/mol. The summed E-state index contributed by atoms with van der Waals surface area (Å²) in [5.41, 5.74) is 0. The summed E-state index contributed by atoms with van der Waals surface area (Å²) >= 11 is 0. The molecule has 136 valence electrons.